The standard InChI is InChI=1S/C10H19FO2/c1-8(2)7-10(3,4)9(12)13-6-5-11/h8H,5-7H2,1-4H3. The van der Waals surface area contributed by atoms with Crippen LogP contribution in [0.4, 0.5) is 4.39 Å². The molecule has 0 fully saturated rings. The van der Waals surface area contributed by atoms with Crippen molar-refractivity contribution in [1.82, 2.24) is 0 Å². The van der Waals surface area contributed by atoms with Crippen LogP contribution in [0.5, 0.6) is 0 Å². The van der Waals surface area contributed by atoms with Crippen molar-refractivity contribution in [2.75, 3.05) is 13.3 Å². The first kappa shape index (κ1) is 12.4. The largest absolute Gasteiger partial charge is 0.462 e. The Labute approximate surface area is 79.5 Å². The van der Waals surface area contributed by atoms with Crippen LogP contribution in [0.25, 0.3) is 0 Å². The van der Waals surface area contributed by atoms with Crippen LogP contribution in [0.1, 0.15) is 34.1 Å². The molecule has 0 unspecified atom stereocenters. The average Bonchev–Trinajstić information content (AvgIpc) is 1.97. The summed E-state index contributed by atoms with van der Waals surface area (Å²) in [4.78, 5) is 11.4. The van der Waals surface area contributed by atoms with Crippen LogP contribution < -0.4 is 0 Å². The molecule has 0 saturated heterocycles. The van der Waals surface area contributed by atoms with Crippen molar-refractivity contribution in [1.29, 1.82) is 0 Å². The number of esters is 1. The zero-order chi connectivity index (χ0) is 10.5. The van der Waals surface area contributed by atoms with E-state index in [0.29, 0.717) is 5.92 Å². The molecule has 0 spiro atoms. The van der Waals surface area contributed by atoms with Gasteiger partial charge in [-0.15, -0.1) is 0 Å². The van der Waals surface area contributed by atoms with Crippen molar-refractivity contribution < 1.29 is 13.9 Å². The minimum Gasteiger partial charge on any atom is -0.462 e. The van der Waals surface area contributed by atoms with Gasteiger partial charge in [0.2, 0.25) is 0 Å². The van der Waals surface area contributed by atoms with Gasteiger partial charge < -0.3 is 4.74 Å². The Morgan fingerprint density at radius 3 is 2.38 bits per heavy atom. The van der Waals surface area contributed by atoms with Gasteiger partial charge >= 0.3 is 5.97 Å². The molecule has 0 rings (SSSR count). The van der Waals surface area contributed by atoms with Crippen LogP contribution in [0, 0.1) is 11.3 Å². The molecule has 0 amide bonds. The fourth-order valence-electron chi connectivity index (χ4n) is 1.43. The first-order valence-corrected chi connectivity index (χ1v) is 4.63. The summed E-state index contributed by atoms with van der Waals surface area (Å²) >= 11 is 0. The summed E-state index contributed by atoms with van der Waals surface area (Å²) in [5.41, 5.74) is -0.497. The van der Waals surface area contributed by atoms with Crippen molar-refractivity contribution in [2.24, 2.45) is 11.3 Å². The molecular weight excluding hydrogens is 171 g/mol. The number of rotatable bonds is 5. The molecule has 0 atom stereocenters. The predicted octanol–water partition coefficient (Wildman–Crippen LogP) is 2.57. The summed E-state index contributed by atoms with van der Waals surface area (Å²) in [5, 5.41) is 0. The minimum atomic E-state index is -0.608. The van der Waals surface area contributed by atoms with E-state index in [1.54, 1.807) is 0 Å². The summed E-state index contributed by atoms with van der Waals surface area (Å²) < 4.78 is 16.5. The normalized spacial score (nSPS) is 11.8. The third-order valence-corrected chi connectivity index (χ3v) is 1.78. The van der Waals surface area contributed by atoms with Crippen molar-refractivity contribution in [3.63, 3.8) is 0 Å². The van der Waals surface area contributed by atoms with Gasteiger partial charge in [0, 0.05) is 0 Å². The van der Waals surface area contributed by atoms with Crippen molar-refractivity contribution >= 4 is 5.97 Å². The molecule has 78 valence electrons. The van der Waals surface area contributed by atoms with Crippen LogP contribution in [0.3, 0.4) is 0 Å². The second kappa shape index (κ2) is 5.20. The van der Waals surface area contributed by atoms with E-state index in [-0.39, 0.29) is 12.6 Å². The lowest BCUT2D eigenvalue weighted by molar-refractivity contribution is -0.155. The van der Waals surface area contributed by atoms with E-state index < -0.39 is 12.1 Å². The van der Waals surface area contributed by atoms with E-state index in [0.717, 1.165) is 6.42 Å². The lowest BCUT2D eigenvalue weighted by Gasteiger charge is -2.23. The van der Waals surface area contributed by atoms with Crippen LogP contribution in [0.15, 0.2) is 0 Å². The maximum Gasteiger partial charge on any atom is 0.311 e. The van der Waals surface area contributed by atoms with Crippen molar-refractivity contribution in [3.8, 4) is 0 Å². The van der Waals surface area contributed by atoms with Crippen LogP contribution >= 0.6 is 0 Å². The highest BCUT2D eigenvalue weighted by Crippen LogP contribution is 2.26. The molecule has 3 heteroatoms. The smallest absolute Gasteiger partial charge is 0.311 e. The molecule has 2 nitrogen and oxygen atoms in total. The summed E-state index contributed by atoms with van der Waals surface area (Å²) in [5.74, 6) is 0.131. The average molecular weight is 190 g/mol. The highest BCUT2D eigenvalue weighted by molar-refractivity contribution is 5.75. The van der Waals surface area contributed by atoms with Gasteiger partial charge in [-0.2, -0.15) is 0 Å². The van der Waals surface area contributed by atoms with Crippen LogP contribution in [-0.4, -0.2) is 19.3 Å². The van der Waals surface area contributed by atoms with Crippen LogP contribution in [0.2, 0.25) is 0 Å². The van der Waals surface area contributed by atoms with Crippen LogP contribution in [-0.2, 0) is 9.53 Å². The second-order valence-corrected chi connectivity index (χ2v) is 4.31. The zero-order valence-corrected chi connectivity index (χ0v) is 8.89. The van der Waals surface area contributed by atoms with E-state index in [1.165, 1.54) is 0 Å². The zero-order valence-electron chi connectivity index (χ0n) is 8.89. The fraction of sp³-hybridized carbons (Fsp3) is 0.900. The summed E-state index contributed by atoms with van der Waals surface area (Å²) in [7, 11) is 0. The topological polar surface area (TPSA) is 26.3 Å². The van der Waals surface area contributed by atoms with Crippen molar-refractivity contribution in [2.45, 2.75) is 34.1 Å². The summed E-state index contributed by atoms with van der Waals surface area (Å²) in [6, 6.07) is 0. The highest BCUT2D eigenvalue weighted by Gasteiger charge is 2.29. The number of carbonyl (C=O) groups excluding carboxylic acids is 1. The number of alkyl halides is 1. The van der Waals surface area contributed by atoms with Gasteiger partial charge in [-0.25, -0.2) is 4.39 Å². The molecule has 0 aromatic rings. The van der Waals surface area contributed by atoms with Gasteiger partial charge in [0.15, 0.2) is 0 Å². The molecule has 0 heterocycles. The third kappa shape index (κ3) is 4.86. The maximum absolute atomic E-state index is 11.7. The summed E-state index contributed by atoms with van der Waals surface area (Å²) in [6.07, 6.45) is 0.762. The molecule has 0 aliphatic carbocycles. The molecule has 0 aliphatic heterocycles. The Morgan fingerprint density at radius 1 is 1.46 bits per heavy atom. The molecule has 0 aromatic heterocycles. The Kier molecular flexibility index (Phi) is 4.96. The molecule has 0 aliphatic rings. The summed E-state index contributed by atoms with van der Waals surface area (Å²) in [6.45, 7) is 7.01. The Bertz CT molecular complexity index is 164. The molecule has 0 N–H and O–H groups in total. The molecule has 0 bridgehead atoms. The molecular formula is C10H19FO2. The number of hydrogen-bond acceptors (Lipinski definition) is 2. The van der Waals surface area contributed by atoms with Crippen molar-refractivity contribution in [3.05, 3.63) is 0 Å². The number of hydrogen-bond donors (Lipinski definition) is 0. The van der Waals surface area contributed by atoms with E-state index in [2.05, 4.69) is 0 Å². The number of ether oxygens (including phenoxy) is 1. The SMILES string of the molecule is CC(C)CC(C)(C)C(=O)OCCF. The van der Waals surface area contributed by atoms with Gasteiger partial charge in [0.25, 0.3) is 0 Å². The molecule has 13 heavy (non-hydrogen) atoms. The third-order valence-electron chi connectivity index (χ3n) is 1.78. The monoisotopic (exact) mass is 190 g/mol. The Morgan fingerprint density at radius 2 is 2.00 bits per heavy atom. The van der Waals surface area contributed by atoms with Gasteiger partial charge in [-0.3, -0.25) is 4.79 Å². The Hall–Kier alpha value is -0.600. The van der Waals surface area contributed by atoms with E-state index in [9.17, 15) is 9.18 Å². The lowest BCUT2D eigenvalue weighted by atomic mass is 9.84. The van der Waals surface area contributed by atoms with Gasteiger partial charge in [-0.05, 0) is 26.2 Å². The van der Waals surface area contributed by atoms with Gasteiger partial charge in [0.05, 0.1) is 5.41 Å². The van der Waals surface area contributed by atoms with E-state index in [4.69, 9.17) is 4.74 Å². The quantitative estimate of drug-likeness (QED) is 0.623. The Balaban J connectivity index is 4.03. The molecule has 0 aromatic carbocycles. The molecule has 0 saturated carbocycles. The van der Waals surface area contributed by atoms with E-state index in [1.807, 2.05) is 27.7 Å². The van der Waals surface area contributed by atoms with Gasteiger partial charge in [0.1, 0.15) is 13.3 Å². The fourth-order valence-corrected chi connectivity index (χ4v) is 1.43. The maximum atomic E-state index is 11.7. The van der Waals surface area contributed by atoms with E-state index >= 15 is 0 Å². The highest BCUT2D eigenvalue weighted by atomic mass is 19.1. The lowest BCUT2D eigenvalue weighted by Crippen LogP contribution is -2.28. The van der Waals surface area contributed by atoms with Gasteiger partial charge in [-0.1, -0.05) is 13.8 Å². The second-order valence-electron chi connectivity index (χ2n) is 4.31. The predicted molar refractivity (Wildman–Crippen MR) is 50.2 cm³/mol. The first-order valence-electron chi connectivity index (χ1n) is 4.63. The first-order chi connectivity index (χ1) is 5.90. The molecule has 0 radical (unpaired) electrons. The minimum absolute atomic E-state index is 0.125. The number of carbonyl (C=O) groups is 1. The number of halogens is 1.